The van der Waals surface area contributed by atoms with E-state index in [2.05, 4.69) is 10.4 Å². The molecule has 1 aromatic heterocycles. The topological polar surface area (TPSA) is 67.2 Å². The first kappa shape index (κ1) is 15.8. The van der Waals surface area contributed by atoms with Crippen molar-refractivity contribution in [2.75, 3.05) is 0 Å². The predicted octanol–water partition coefficient (Wildman–Crippen LogP) is 1.26. The minimum absolute atomic E-state index is 0.0695. The van der Waals surface area contributed by atoms with Gasteiger partial charge < -0.3 is 10.2 Å². The standard InChI is InChI=1S/C14H21ClN4O2/c1-5-9-12(15)11(18(4)17-9)7-19-8(3)13(20)16-10(6-2)14(19)21/h8,10H,5-7H2,1-4H3,(H,16,20). The number of aromatic nitrogens is 2. The summed E-state index contributed by atoms with van der Waals surface area (Å²) in [5.41, 5.74) is 1.57. The number of rotatable bonds is 4. The van der Waals surface area contributed by atoms with Crippen LogP contribution in [-0.2, 0) is 29.6 Å². The van der Waals surface area contributed by atoms with Crippen molar-refractivity contribution in [2.45, 2.75) is 52.2 Å². The van der Waals surface area contributed by atoms with Gasteiger partial charge in [0, 0.05) is 7.05 Å². The van der Waals surface area contributed by atoms with Crippen LogP contribution in [0.4, 0.5) is 0 Å². The molecule has 1 aromatic rings. The van der Waals surface area contributed by atoms with E-state index in [1.54, 1.807) is 23.6 Å². The summed E-state index contributed by atoms with van der Waals surface area (Å²) in [6.07, 6.45) is 1.31. The largest absolute Gasteiger partial charge is 0.343 e. The van der Waals surface area contributed by atoms with Crippen molar-refractivity contribution in [1.29, 1.82) is 0 Å². The first-order valence-corrected chi connectivity index (χ1v) is 7.59. The highest BCUT2D eigenvalue weighted by Crippen LogP contribution is 2.24. The van der Waals surface area contributed by atoms with Crippen molar-refractivity contribution in [3.63, 3.8) is 0 Å². The van der Waals surface area contributed by atoms with E-state index in [0.717, 1.165) is 17.8 Å². The summed E-state index contributed by atoms with van der Waals surface area (Å²) >= 11 is 6.33. The van der Waals surface area contributed by atoms with Gasteiger partial charge >= 0.3 is 0 Å². The first-order valence-electron chi connectivity index (χ1n) is 7.21. The van der Waals surface area contributed by atoms with Gasteiger partial charge in [-0.1, -0.05) is 25.4 Å². The highest BCUT2D eigenvalue weighted by molar-refractivity contribution is 6.31. The van der Waals surface area contributed by atoms with Gasteiger partial charge in [-0.2, -0.15) is 5.10 Å². The number of amides is 2. The van der Waals surface area contributed by atoms with Gasteiger partial charge in [0.1, 0.15) is 12.1 Å². The molecule has 1 N–H and O–H groups in total. The fourth-order valence-corrected chi connectivity index (χ4v) is 2.88. The summed E-state index contributed by atoms with van der Waals surface area (Å²) in [6, 6.07) is -0.956. The molecule has 1 aliphatic rings. The molecule has 2 amide bonds. The van der Waals surface area contributed by atoms with E-state index in [1.165, 1.54) is 0 Å². The molecular weight excluding hydrogens is 292 g/mol. The Morgan fingerprint density at radius 2 is 2.00 bits per heavy atom. The number of nitrogens with one attached hydrogen (secondary N) is 1. The van der Waals surface area contributed by atoms with Crippen LogP contribution in [0.3, 0.4) is 0 Å². The Morgan fingerprint density at radius 3 is 2.52 bits per heavy atom. The Bertz CT molecular complexity index is 570. The van der Waals surface area contributed by atoms with Crippen LogP contribution in [0.1, 0.15) is 38.6 Å². The average molecular weight is 313 g/mol. The third kappa shape index (κ3) is 2.77. The Labute approximate surface area is 129 Å². The number of aryl methyl sites for hydroxylation is 2. The summed E-state index contributed by atoms with van der Waals surface area (Å²) < 4.78 is 1.69. The highest BCUT2D eigenvalue weighted by atomic mass is 35.5. The normalized spacial score (nSPS) is 22.6. The molecule has 0 bridgehead atoms. The zero-order chi connectivity index (χ0) is 15.7. The van der Waals surface area contributed by atoms with Gasteiger partial charge in [-0.25, -0.2) is 0 Å². The van der Waals surface area contributed by atoms with E-state index in [9.17, 15) is 9.59 Å². The molecule has 0 spiro atoms. The van der Waals surface area contributed by atoms with Crippen LogP contribution in [0.25, 0.3) is 0 Å². The molecule has 0 radical (unpaired) electrons. The maximum atomic E-state index is 12.5. The van der Waals surface area contributed by atoms with Crippen LogP contribution in [-0.4, -0.2) is 38.6 Å². The second-order valence-corrected chi connectivity index (χ2v) is 5.67. The van der Waals surface area contributed by atoms with E-state index in [-0.39, 0.29) is 11.8 Å². The van der Waals surface area contributed by atoms with Crippen molar-refractivity contribution in [1.82, 2.24) is 20.0 Å². The number of piperazine rings is 1. The van der Waals surface area contributed by atoms with E-state index < -0.39 is 12.1 Å². The van der Waals surface area contributed by atoms with Crippen molar-refractivity contribution >= 4 is 23.4 Å². The molecule has 7 heteroatoms. The number of carbonyl (C=O) groups excluding carboxylic acids is 2. The lowest BCUT2D eigenvalue weighted by Crippen LogP contribution is -2.61. The lowest BCUT2D eigenvalue weighted by molar-refractivity contribution is -0.149. The first-order chi connectivity index (χ1) is 9.90. The van der Waals surface area contributed by atoms with Crippen LogP contribution in [0.2, 0.25) is 5.02 Å². The summed E-state index contributed by atoms with van der Waals surface area (Å²) in [4.78, 5) is 26.0. The molecule has 6 nitrogen and oxygen atoms in total. The molecule has 2 atom stereocenters. The third-order valence-electron chi connectivity index (χ3n) is 3.98. The Hall–Kier alpha value is -1.56. The summed E-state index contributed by atoms with van der Waals surface area (Å²) in [7, 11) is 1.80. The Morgan fingerprint density at radius 1 is 1.33 bits per heavy atom. The Kier molecular flexibility index (Phi) is 4.56. The third-order valence-corrected chi connectivity index (χ3v) is 4.41. The SMILES string of the molecule is CCc1nn(C)c(CN2C(=O)C(CC)NC(=O)C2C)c1Cl. The maximum Gasteiger partial charge on any atom is 0.246 e. The van der Waals surface area contributed by atoms with Crippen LogP contribution in [0, 0.1) is 0 Å². The molecule has 2 heterocycles. The quantitative estimate of drug-likeness (QED) is 0.910. The molecule has 0 saturated carbocycles. The molecule has 116 valence electrons. The van der Waals surface area contributed by atoms with Crippen LogP contribution in [0.5, 0.6) is 0 Å². The van der Waals surface area contributed by atoms with E-state index in [1.807, 2.05) is 13.8 Å². The Balaban J connectivity index is 2.30. The highest BCUT2D eigenvalue weighted by Gasteiger charge is 2.37. The molecule has 1 saturated heterocycles. The lowest BCUT2D eigenvalue weighted by Gasteiger charge is -2.37. The smallest absolute Gasteiger partial charge is 0.246 e. The average Bonchev–Trinajstić information content (AvgIpc) is 2.74. The van der Waals surface area contributed by atoms with Crippen molar-refractivity contribution in [3.8, 4) is 0 Å². The monoisotopic (exact) mass is 312 g/mol. The molecule has 0 aromatic carbocycles. The van der Waals surface area contributed by atoms with Gasteiger partial charge in [0.05, 0.1) is 23.0 Å². The molecule has 21 heavy (non-hydrogen) atoms. The van der Waals surface area contributed by atoms with E-state index >= 15 is 0 Å². The van der Waals surface area contributed by atoms with Crippen molar-refractivity contribution in [2.24, 2.45) is 7.05 Å². The number of carbonyl (C=O) groups is 2. The van der Waals surface area contributed by atoms with Crippen molar-refractivity contribution < 1.29 is 9.59 Å². The zero-order valence-electron chi connectivity index (χ0n) is 12.8. The number of nitrogens with zero attached hydrogens (tertiary/aromatic N) is 3. The van der Waals surface area contributed by atoms with Gasteiger partial charge in [-0.3, -0.25) is 14.3 Å². The lowest BCUT2D eigenvalue weighted by atomic mass is 10.1. The fraction of sp³-hybridized carbons (Fsp3) is 0.643. The van der Waals surface area contributed by atoms with E-state index in [4.69, 9.17) is 11.6 Å². The van der Waals surface area contributed by atoms with Gasteiger partial charge in [0.2, 0.25) is 11.8 Å². The molecule has 0 aliphatic carbocycles. The minimum atomic E-state index is -0.503. The second kappa shape index (κ2) is 6.05. The molecule has 2 unspecified atom stereocenters. The van der Waals surface area contributed by atoms with Gasteiger partial charge in [-0.15, -0.1) is 0 Å². The molecule has 1 fully saturated rings. The van der Waals surface area contributed by atoms with Crippen LogP contribution < -0.4 is 5.32 Å². The molecule has 1 aliphatic heterocycles. The predicted molar refractivity (Wildman–Crippen MR) is 79.8 cm³/mol. The summed E-state index contributed by atoms with van der Waals surface area (Å²) in [5.74, 6) is -0.199. The summed E-state index contributed by atoms with van der Waals surface area (Å²) in [5, 5.41) is 7.67. The molecular formula is C14H21ClN4O2. The number of halogens is 1. The van der Waals surface area contributed by atoms with Crippen molar-refractivity contribution in [3.05, 3.63) is 16.4 Å². The molecule has 2 rings (SSSR count). The van der Waals surface area contributed by atoms with Crippen LogP contribution in [0.15, 0.2) is 0 Å². The number of hydrogen-bond donors (Lipinski definition) is 1. The fourth-order valence-electron chi connectivity index (χ4n) is 2.53. The van der Waals surface area contributed by atoms with Gasteiger partial charge in [0.15, 0.2) is 0 Å². The van der Waals surface area contributed by atoms with Gasteiger partial charge in [0.25, 0.3) is 0 Å². The van der Waals surface area contributed by atoms with Crippen LogP contribution >= 0.6 is 11.6 Å². The maximum absolute atomic E-state index is 12.5. The summed E-state index contributed by atoms with van der Waals surface area (Å²) in [6.45, 7) is 5.88. The van der Waals surface area contributed by atoms with E-state index in [0.29, 0.717) is 18.0 Å². The second-order valence-electron chi connectivity index (χ2n) is 5.30. The number of hydrogen-bond acceptors (Lipinski definition) is 3. The zero-order valence-corrected chi connectivity index (χ0v) is 13.6. The van der Waals surface area contributed by atoms with Gasteiger partial charge in [-0.05, 0) is 19.8 Å². The minimum Gasteiger partial charge on any atom is -0.343 e.